The molecule has 2 rings (SSSR count). The summed E-state index contributed by atoms with van der Waals surface area (Å²) in [5.74, 6) is -0.900. The van der Waals surface area contributed by atoms with Crippen LogP contribution in [0, 0.1) is 0 Å². The highest BCUT2D eigenvalue weighted by Gasteiger charge is 2.34. The van der Waals surface area contributed by atoms with Crippen molar-refractivity contribution >= 4 is 17.8 Å². The molecule has 0 fully saturated rings. The Hall–Kier alpha value is -2.43. The van der Waals surface area contributed by atoms with Crippen LogP contribution in [0.25, 0.3) is 0 Å². The zero-order chi connectivity index (χ0) is 16.1. The zero-order valence-electron chi connectivity index (χ0n) is 12.8. The van der Waals surface area contributed by atoms with E-state index in [4.69, 9.17) is 4.74 Å². The van der Waals surface area contributed by atoms with Gasteiger partial charge in [0.15, 0.2) is 0 Å². The van der Waals surface area contributed by atoms with E-state index in [1.807, 2.05) is 6.92 Å². The fourth-order valence-corrected chi connectivity index (χ4v) is 2.37. The lowest BCUT2D eigenvalue weighted by Crippen LogP contribution is -2.30. The predicted octanol–water partition coefficient (Wildman–Crippen LogP) is 2.57. The Balaban J connectivity index is 2.09. The third kappa shape index (κ3) is 3.42. The molecule has 0 unspecified atom stereocenters. The average molecular weight is 301 g/mol. The van der Waals surface area contributed by atoms with E-state index < -0.39 is 0 Å². The van der Waals surface area contributed by atoms with Crippen LogP contribution >= 0.6 is 0 Å². The first kappa shape index (κ1) is 15.9. The zero-order valence-corrected chi connectivity index (χ0v) is 12.8. The smallest absolute Gasteiger partial charge is 0.302 e. The highest BCUT2D eigenvalue weighted by molar-refractivity contribution is 6.21. The molecule has 0 atom stereocenters. The molecule has 5 heteroatoms. The molecule has 0 saturated heterocycles. The van der Waals surface area contributed by atoms with Crippen molar-refractivity contribution in [2.75, 3.05) is 13.2 Å². The van der Waals surface area contributed by atoms with Crippen molar-refractivity contribution in [3.8, 4) is 0 Å². The highest BCUT2D eigenvalue weighted by atomic mass is 16.5. The van der Waals surface area contributed by atoms with E-state index in [0.29, 0.717) is 11.1 Å². The van der Waals surface area contributed by atoms with Crippen molar-refractivity contribution in [3.05, 3.63) is 47.0 Å². The third-order valence-electron chi connectivity index (χ3n) is 3.47. The fourth-order valence-electron chi connectivity index (χ4n) is 2.37. The number of rotatable bonds is 6. The molecule has 1 aliphatic heterocycles. The van der Waals surface area contributed by atoms with E-state index in [2.05, 4.69) is 0 Å². The molecule has 1 aromatic carbocycles. The molecule has 0 aliphatic carbocycles. The van der Waals surface area contributed by atoms with Gasteiger partial charge in [0.1, 0.15) is 6.61 Å². The first-order valence-corrected chi connectivity index (χ1v) is 7.31. The Kier molecular flexibility index (Phi) is 5.09. The minimum atomic E-state index is -0.345. The first-order chi connectivity index (χ1) is 10.5. The van der Waals surface area contributed by atoms with Gasteiger partial charge in [0.05, 0.1) is 11.1 Å². The molecule has 1 aliphatic rings. The van der Waals surface area contributed by atoms with Crippen LogP contribution in [-0.4, -0.2) is 35.8 Å². The Morgan fingerprint density at radius 1 is 1.18 bits per heavy atom. The largest absolute Gasteiger partial charge is 0.461 e. The van der Waals surface area contributed by atoms with Crippen LogP contribution < -0.4 is 0 Å². The number of benzene rings is 1. The van der Waals surface area contributed by atoms with Crippen LogP contribution in [0.5, 0.6) is 0 Å². The van der Waals surface area contributed by atoms with Crippen LogP contribution in [0.2, 0.25) is 0 Å². The molecule has 0 bridgehead atoms. The van der Waals surface area contributed by atoms with Crippen LogP contribution in [-0.2, 0) is 9.53 Å². The SMILES string of the molecule is CCC/C(=C\CN1C(=O)c2ccccc2C1=O)COC(C)=O. The van der Waals surface area contributed by atoms with Crippen molar-refractivity contribution in [1.29, 1.82) is 0 Å². The maximum absolute atomic E-state index is 12.2. The van der Waals surface area contributed by atoms with Crippen LogP contribution in [0.15, 0.2) is 35.9 Å². The summed E-state index contributed by atoms with van der Waals surface area (Å²) in [5.41, 5.74) is 1.80. The van der Waals surface area contributed by atoms with Gasteiger partial charge >= 0.3 is 5.97 Å². The summed E-state index contributed by atoms with van der Waals surface area (Å²) in [6.07, 6.45) is 3.46. The van der Waals surface area contributed by atoms with Gasteiger partial charge in [0.2, 0.25) is 0 Å². The normalized spacial score (nSPS) is 14.3. The van der Waals surface area contributed by atoms with E-state index in [1.165, 1.54) is 11.8 Å². The molecule has 0 saturated carbocycles. The standard InChI is InChI=1S/C17H19NO4/c1-3-6-13(11-22-12(2)19)9-10-18-16(20)14-7-4-5-8-15(14)17(18)21/h4-5,7-9H,3,6,10-11H2,1-2H3/b13-9+. The van der Waals surface area contributed by atoms with Crippen LogP contribution in [0.3, 0.4) is 0 Å². The average Bonchev–Trinajstić information content (AvgIpc) is 2.74. The number of hydrogen-bond donors (Lipinski definition) is 0. The van der Waals surface area contributed by atoms with Gasteiger partial charge in [0, 0.05) is 13.5 Å². The number of esters is 1. The van der Waals surface area contributed by atoms with Gasteiger partial charge in [-0.1, -0.05) is 31.6 Å². The number of fused-ring (bicyclic) bond motifs is 1. The van der Waals surface area contributed by atoms with E-state index in [0.717, 1.165) is 18.4 Å². The summed E-state index contributed by atoms with van der Waals surface area (Å²) in [6.45, 7) is 3.77. The molecule has 116 valence electrons. The van der Waals surface area contributed by atoms with E-state index in [9.17, 15) is 14.4 Å². The monoisotopic (exact) mass is 301 g/mol. The first-order valence-electron chi connectivity index (χ1n) is 7.31. The fraction of sp³-hybridized carbons (Fsp3) is 0.353. The number of carbonyl (C=O) groups is 3. The second-order valence-electron chi connectivity index (χ2n) is 5.16. The molecular weight excluding hydrogens is 282 g/mol. The number of amides is 2. The van der Waals surface area contributed by atoms with Crippen molar-refractivity contribution in [2.45, 2.75) is 26.7 Å². The Labute approximate surface area is 129 Å². The number of carbonyl (C=O) groups excluding carboxylic acids is 3. The molecule has 0 aromatic heterocycles. The molecule has 0 spiro atoms. The molecule has 0 N–H and O–H groups in total. The number of hydrogen-bond acceptors (Lipinski definition) is 4. The minimum Gasteiger partial charge on any atom is -0.461 e. The lowest BCUT2D eigenvalue weighted by atomic mass is 10.1. The van der Waals surface area contributed by atoms with Gasteiger partial charge in [-0.25, -0.2) is 0 Å². The predicted molar refractivity (Wildman–Crippen MR) is 81.4 cm³/mol. The minimum absolute atomic E-state index is 0.197. The molecule has 1 aromatic rings. The van der Waals surface area contributed by atoms with Crippen LogP contribution in [0.1, 0.15) is 47.4 Å². The maximum Gasteiger partial charge on any atom is 0.302 e. The van der Waals surface area contributed by atoms with Gasteiger partial charge in [0.25, 0.3) is 11.8 Å². The summed E-state index contributed by atoms with van der Waals surface area (Å²) < 4.78 is 4.99. The lowest BCUT2D eigenvalue weighted by molar-refractivity contribution is -0.140. The number of ether oxygens (including phenoxy) is 1. The second-order valence-corrected chi connectivity index (χ2v) is 5.16. The Morgan fingerprint density at radius 2 is 1.77 bits per heavy atom. The summed E-state index contributed by atoms with van der Waals surface area (Å²) >= 11 is 0. The molecule has 1 heterocycles. The second kappa shape index (κ2) is 7.02. The molecule has 0 radical (unpaired) electrons. The van der Waals surface area contributed by atoms with E-state index in [-0.39, 0.29) is 30.9 Å². The number of imide groups is 1. The van der Waals surface area contributed by atoms with Gasteiger partial charge < -0.3 is 4.74 Å². The van der Waals surface area contributed by atoms with Gasteiger partial charge in [-0.2, -0.15) is 0 Å². The highest BCUT2D eigenvalue weighted by Crippen LogP contribution is 2.22. The molecule has 22 heavy (non-hydrogen) atoms. The van der Waals surface area contributed by atoms with Crippen molar-refractivity contribution < 1.29 is 19.1 Å². The van der Waals surface area contributed by atoms with E-state index in [1.54, 1.807) is 30.3 Å². The van der Waals surface area contributed by atoms with Gasteiger partial charge in [-0.3, -0.25) is 19.3 Å². The molecular formula is C17H19NO4. The van der Waals surface area contributed by atoms with Crippen molar-refractivity contribution in [1.82, 2.24) is 4.90 Å². The quantitative estimate of drug-likeness (QED) is 0.460. The maximum atomic E-state index is 12.2. The van der Waals surface area contributed by atoms with Gasteiger partial charge in [-0.05, 0) is 24.1 Å². The van der Waals surface area contributed by atoms with Crippen molar-refractivity contribution in [3.63, 3.8) is 0 Å². The van der Waals surface area contributed by atoms with E-state index >= 15 is 0 Å². The summed E-state index contributed by atoms with van der Waals surface area (Å²) in [5, 5.41) is 0. The lowest BCUT2D eigenvalue weighted by Gasteiger charge is -2.13. The summed E-state index contributed by atoms with van der Waals surface area (Å²) in [6, 6.07) is 6.80. The van der Waals surface area contributed by atoms with Gasteiger partial charge in [-0.15, -0.1) is 0 Å². The Morgan fingerprint density at radius 3 is 2.27 bits per heavy atom. The number of nitrogens with zero attached hydrogens (tertiary/aromatic N) is 1. The van der Waals surface area contributed by atoms with Crippen molar-refractivity contribution in [2.24, 2.45) is 0 Å². The molecule has 5 nitrogen and oxygen atoms in total. The Bertz CT molecular complexity index is 598. The van der Waals surface area contributed by atoms with Crippen LogP contribution in [0.4, 0.5) is 0 Å². The summed E-state index contributed by atoms with van der Waals surface area (Å²) in [4.78, 5) is 36.6. The molecule has 2 amide bonds. The summed E-state index contributed by atoms with van der Waals surface area (Å²) in [7, 11) is 0. The topological polar surface area (TPSA) is 63.7 Å². The third-order valence-corrected chi connectivity index (χ3v) is 3.47.